The van der Waals surface area contributed by atoms with Crippen molar-refractivity contribution in [2.45, 2.75) is 18.9 Å². The van der Waals surface area contributed by atoms with E-state index in [1.807, 2.05) is 12.1 Å². The van der Waals surface area contributed by atoms with Crippen LogP contribution >= 0.6 is 0 Å². The lowest BCUT2D eigenvalue weighted by molar-refractivity contribution is 0.0115. The second-order valence-electron chi connectivity index (χ2n) is 8.84. The summed E-state index contributed by atoms with van der Waals surface area (Å²) < 4.78 is 24.5. The minimum atomic E-state index is -0.662. The molecule has 35 heavy (non-hydrogen) atoms. The fraction of sp³-hybridized carbons (Fsp3) is 0.385. The number of phenols is 1. The number of methoxy groups -OCH3 is 1. The molecule has 3 heterocycles. The quantitative estimate of drug-likeness (QED) is 0.548. The molecule has 0 atom stereocenters. The van der Waals surface area contributed by atoms with Gasteiger partial charge in [0, 0.05) is 61.9 Å². The Morgan fingerprint density at radius 3 is 2.43 bits per heavy atom. The van der Waals surface area contributed by atoms with E-state index in [2.05, 4.69) is 31.2 Å². The number of benzene rings is 2. The van der Waals surface area contributed by atoms with Gasteiger partial charge in [0.15, 0.2) is 11.6 Å². The van der Waals surface area contributed by atoms with Crippen LogP contribution in [-0.4, -0.2) is 72.5 Å². The van der Waals surface area contributed by atoms with Gasteiger partial charge in [0.1, 0.15) is 5.75 Å². The van der Waals surface area contributed by atoms with Crippen LogP contribution in [0.5, 0.6) is 11.5 Å². The van der Waals surface area contributed by atoms with Crippen molar-refractivity contribution in [3.8, 4) is 22.6 Å². The van der Waals surface area contributed by atoms with Crippen molar-refractivity contribution in [1.29, 1.82) is 0 Å². The molecule has 184 valence electrons. The summed E-state index contributed by atoms with van der Waals surface area (Å²) in [6.07, 6.45) is 5.55. The highest BCUT2D eigenvalue weighted by atomic mass is 19.1. The Morgan fingerprint density at radius 1 is 1.00 bits per heavy atom. The smallest absolute Gasteiger partial charge is 0.227 e. The summed E-state index contributed by atoms with van der Waals surface area (Å²) in [5, 5.41) is 12.8. The highest BCUT2D eigenvalue weighted by Gasteiger charge is 2.26. The van der Waals surface area contributed by atoms with Crippen molar-refractivity contribution in [2.75, 3.05) is 56.7 Å². The lowest BCUT2D eigenvalue weighted by Crippen LogP contribution is -2.49. The maximum Gasteiger partial charge on any atom is 0.227 e. The molecule has 2 N–H and O–H groups in total. The molecular formula is C26H30FN5O3. The van der Waals surface area contributed by atoms with E-state index in [4.69, 9.17) is 9.47 Å². The zero-order valence-corrected chi connectivity index (χ0v) is 19.8. The van der Waals surface area contributed by atoms with Gasteiger partial charge in [0.2, 0.25) is 5.95 Å². The second-order valence-corrected chi connectivity index (χ2v) is 8.84. The van der Waals surface area contributed by atoms with Crippen LogP contribution in [-0.2, 0) is 4.74 Å². The van der Waals surface area contributed by atoms with Crippen LogP contribution in [0.1, 0.15) is 12.8 Å². The molecule has 0 saturated carbocycles. The van der Waals surface area contributed by atoms with Gasteiger partial charge < -0.3 is 24.8 Å². The molecule has 2 fully saturated rings. The summed E-state index contributed by atoms with van der Waals surface area (Å²) in [5.74, 6) is 0.0659. The fourth-order valence-electron chi connectivity index (χ4n) is 4.77. The summed E-state index contributed by atoms with van der Waals surface area (Å²) in [7, 11) is 1.65. The van der Waals surface area contributed by atoms with Crippen LogP contribution in [0.2, 0.25) is 0 Å². The van der Waals surface area contributed by atoms with E-state index in [0.717, 1.165) is 63.6 Å². The lowest BCUT2D eigenvalue weighted by Gasteiger charge is -2.40. The third kappa shape index (κ3) is 5.31. The van der Waals surface area contributed by atoms with Gasteiger partial charge >= 0.3 is 0 Å². The van der Waals surface area contributed by atoms with Crippen molar-refractivity contribution >= 4 is 17.3 Å². The number of phenolic OH excluding ortho intramolecular Hbond substituents is 1. The van der Waals surface area contributed by atoms with E-state index in [0.29, 0.717) is 28.9 Å². The van der Waals surface area contributed by atoms with Crippen LogP contribution in [0.25, 0.3) is 11.1 Å². The Morgan fingerprint density at radius 2 is 1.74 bits per heavy atom. The molecule has 1 aromatic heterocycles. The first-order valence-electron chi connectivity index (χ1n) is 11.9. The molecule has 5 rings (SSSR count). The summed E-state index contributed by atoms with van der Waals surface area (Å²) in [6.45, 7) is 5.79. The first kappa shape index (κ1) is 23.3. The van der Waals surface area contributed by atoms with Gasteiger partial charge in [-0.1, -0.05) is 6.07 Å². The Balaban J connectivity index is 1.23. The first-order chi connectivity index (χ1) is 17.1. The molecule has 0 radical (unpaired) electrons. The molecule has 0 spiro atoms. The average molecular weight is 480 g/mol. The second kappa shape index (κ2) is 10.5. The first-order valence-corrected chi connectivity index (χ1v) is 11.9. The summed E-state index contributed by atoms with van der Waals surface area (Å²) >= 11 is 0. The van der Waals surface area contributed by atoms with Gasteiger partial charge in [0.05, 0.1) is 26.0 Å². The van der Waals surface area contributed by atoms with Gasteiger partial charge in [-0.25, -0.2) is 14.4 Å². The number of morpholine rings is 1. The van der Waals surface area contributed by atoms with Crippen LogP contribution in [0, 0.1) is 5.82 Å². The number of piperidine rings is 1. The Hall–Kier alpha value is -3.43. The summed E-state index contributed by atoms with van der Waals surface area (Å²) in [4.78, 5) is 13.7. The van der Waals surface area contributed by atoms with Crippen LogP contribution in [0.3, 0.4) is 0 Å². The molecular weight excluding hydrogens is 449 g/mol. The van der Waals surface area contributed by atoms with Crippen LogP contribution in [0.15, 0.2) is 48.8 Å². The standard InChI is InChI=1S/C26H30FN5O3/c1-34-25-15-21(31-8-6-20(7-9-31)32-10-12-35-13-11-32)3-5-23(25)30-26-28-16-19(17-29-26)18-2-4-22(27)24(33)14-18/h2-5,14-17,20,33H,6-13H2,1H3,(H,28,29,30). The summed E-state index contributed by atoms with van der Waals surface area (Å²) in [6, 6.07) is 10.9. The molecule has 2 aliphatic rings. The van der Waals surface area contributed by atoms with Crippen LogP contribution < -0.4 is 15.0 Å². The van der Waals surface area contributed by atoms with E-state index in [9.17, 15) is 9.50 Å². The highest BCUT2D eigenvalue weighted by molar-refractivity contribution is 5.69. The molecule has 0 bridgehead atoms. The number of rotatable bonds is 6. The predicted octanol–water partition coefficient (Wildman–Crippen LogP) is 4.04. The summed E-state index contributed by atoms with van der Waals surface area (Å²) in [5.41, 5.74) is 3.22. The van der Waals surface area contributed by atoms with Gasteiger partial charge in [-0.05, 0) is 42.7 Å². The van der Waals surface area contributed by atoms with Crippen molar-refractivity contribution in [2.24, 2.45) is 0 Å². The van der Waals surface area contributed by atoms with Crippen molar-refractivity contribution in [3.05, 3.63) is 54.6 Å². The monoisotopic (exact) mass is 479 g/mol. The molecule has 8 nitrogen and oxygen atoms in total. The number of nitrogens with one attached hydrogen (secondary N) is 1. The SMILES string of the molecule is COc1cc(N2CCC(N3CCOCC3)CC2)ccc1Nc1ncc(-c2ccc(F)c(O)c2)cn1. The van der Waals surface area contributed by atoms with Crippen molar-refractivity contribution in [3.63, 3.8) is 0 Å². The molecule has 9 heteroatoms. The van der Waals surface area contributed by atoms with Crippen molar-refractivity contribution in [1.82, 2.24) is 14.9 Å². The number of anilines is 3. The molecule has 2 aromatic carbocycles. The number of halogens is 1. The third-order valence-corrected chi connectivity index (χ3v) is 6.75. The van der Waals surface area contributed by atoms with E-state index in [1.165, 1.54) is 12.1 Å². The number of nitrogens with zero attached hydrogens (tertiary/aromatic N) is 4. The van der Waals surface area contributed by atoms with Crippen LogP contribution in [0.4, 0.5) is 21.7 Å². The normalized spacial score (nSPS) is 17.4. The molecule has 0 amide bonds. The minimum Gasteiger partial charge on any atom is -0.505 e. The van der Waals surface area contributed by atoms with E-state index >= 15 is 0 Å². The van der Waals surface area contributed by atoms with E-state index in [-0.39, 0.29) is 0 Å². The van der Waals surface area contributed by atoms with E-state index in [1.54, 1.807) is 25.6 Å². The average Bonchev–Trinajstić information content (AvgIpc) is 2.91. The molecule has 0 aliphatic carbocycles. The maximum atomic E-state index is 13.3. The lowest BCUT2D eigenvalue weighted by atomic mass is 10.0. The maximum absolute atomic E-state index is 13.3. The largest absolute Gasteiger partial charge is 0.505 e. The minimum absolute atomic E-state index is 0.403. The Labute approximate surface area is 204 Å². The molecule has 0 unspecified atom stereocenters. The van der Waals surface area contributed by atoms with Crippen molar-refractivity contribution < 1.29 is 19.0 Å². The molecule has 3 aromatic rings. The number of aromatic nitrogens is 2. The van der Waals surface area contributed by atoms with Gasteiger partial charge in [-0.3, -0.25) is 4.90 Å². The zero-order chi connectivity index (χ0) is 24.2. The number of ether oxygens (including phenoxy) is 2. The predicted molar refractivity (Wildman–Crippen MR) is 133 cm³/mol. The molecule has 2 saturated heterocycles. The number of hydrogen-bond donors (Lipinski definition) is 2. The number of aromatic hydroxyl groups is 1. The Bertz CT molecular complexity index is 1150. The highest BCUT2D eigenvalue weighted by Crippen LogP contribution is 2.33. The zero-order valence-electron chi connectivity index (χ0n) is 19.8. The number of hydrogen-bond acceptors (Lipinski definition) is 8. The van der Waals surface area contributed by atoms with Gasteiger partial charge in [-0.15, -0.1) is 0 Å². The molecule has 2 aliphatic heterocycles. The van der Waals surface area contributed by atoms with E-state index < -0.39 is 11.6 Å². The Kier molecular flexibility index (Phi) is 6.96. The van der Waals surface area contributed by atoms with Gasteiger partial charge in [-0.2, -0.15) is 0 Å². The van der Waals surface area contributed by atoms with Gasteiger partial charge in [0.25, 0.3) is 0 Å². The fourth-order valence-corrected chi connectivity index (χ4v) is 4.77. The third-order valence-electron chi connectivity index (χ3n) is 6.75. The topological polar surface area (TPSA) is 83.0 Å².